The first-order valence-corrected chi connectivity index (χ1v) is 2.99. The number of nitrogens with two attached hydrogens (primary N) is 2. The van der Waals surface area contributed by atoms with Gasteiger partial charge >= 0.3 is 5.69 Å². The van der Waals surface area contributed by atoms with E-state index in [1.165, 1.54) is 7.11 Å². The van der Waals surface area contributed by atoms with E-state index in [1.807, 2.05) is 0 Å². The van der Waals surface area contributed by atoms with Gasteiger partial charge in [0.15, 0.2) is 5.82 Å². The molecule has 5 N–H and O–H groups in total. The van der Waals surface area contributed by atoms with Gasteiger partial charge < -0.3 is 21.4 Å². The molecule has 0 aliphatic carbocycles. The molecule has 1 aromatic heterocycles. The highest BCUT2D eigenvalue weighted by atomic mass is 16.5. The van der Waals surface area contributed by atoms with Gasteiger partial charge in [0.05, 0.1) is 7.11 Å². The minimum atomic E-state index is -0.932. The average Bonchev–Trinajstić information content (AvgIpc) is 2.08. The molecular weight excluding hydrogens is 164 g/mol. The molecule has 0 amide bonds. The fourth-order valence-electron chi connectivity index (χ4n) is 0.677. The fraction of sp³-hybridized carbons (Fsp3) is 0.200. The van der Waals surface area contributed by atoms with Gasteiger partial charge in [0, 0.05) is 0 Å². The molecule has 0 spiro atoms. The summed E-state index contributed by atoms with van der Waals surface area (Å²) in [7, 11) is 1.29. The Labute approximate surface area is 67.1 Å². The molecule has 0 atom stereocenters. The number of rotatable bonds is 1. The van der Waals surface area contributed by atoms with Crippen molar-refractivity contribution in [1.29, 1.82) is 0 Å². The number of hydrogen-bond donors (Lipinski definition) is 3. The first-order chi connectivity index (χ1) is 5.57. The fourth-order valence-corrected chi connectivity index (χ4v) is 0.677. The topological polar surface area (TPSA) is 116 Å². The molecule has 0 fully saturated rings. The van der Waals surface area contributed by atoms with Crippen LogP contribution in [0.1, 0.15) is 0 Å². The van der Waals surface area contributed by atoms with E-state index in [-0.39, 0.29) is 22.1 Å². The Morgan fingerprint density at radius 1 is 1.58 bits per heavy atom. The molecule has 0 aliphatic heterocycles. The molecule has 0 saturated carbocycles. The minimum Gasteiger partial charge on any atom is -0.479 e. The van der Waals surface area contributed by atoms with Crippen LogP contribution in [-0.4, -0.2) is 22.0 Å². The molecule has 12 heavy (non-hydrogen) atoms. The summed E-state index contributed by atoms with van der Waals surface area (Å²) in [5.74, 6) is -0.380. The van der Waals surface area contributed by atoms with Gasteiger partial charge in [0.2, 0.25) is 5.88 Å². The van der Waals surface area contributed by atoms with Crippen LogP contribution < -0.4 is 21.9 Å². The number of ether oxygens (including phenoxy) is 1. The van der Waals surface area contributed by atoms with Crippen molar-refractivity contribution in [2.24, 2.45) is 0 Å². The standard InChI is InChI=1S/C5H8N4O3/c1-12-4-2(6)3(7)9(11)5(10)8-4/h11H,6-7H2,1H3. The van der Waals surface area contributed by atoms with Crippen LogP contribution in [0, 0.1) is 0 Å². The number of nitrogen functional groups attached to an aromatic ring is 2. The first-order valence-electron chi connectivity index (χ1n) is 2.99. The van der Waals surface area contributed by atoms with Crippen molar-refractivity contribution >= 4 is 11.5 Å². The van der Waals surface area contributed by atoms with Crippen LogP contribution in [0.5, 0.6) is 5.88 Å². The molecule has 0 radical (unpaired) electrons. The minimum absolute atomic E-state index is 0.0698. The molecule has 0 saturated heterocycles. The lowest BCUT2D eigenvalue weighted by Gasteiger charge is -2.06. The monoisotopic (exact) mass is 172 g/mol. The lowest BCUT2D eigenvalue weighted by molar-refractivity contribution is 0.175. The summed E-state index contributed by atoms with van der Waals surface area (Å²) in [6, 6.07) is 0. The van der Waals surface area contributed by atoms with Gasteiger partial charge in [-0.1, -0.05) is 0 Å². The van der Waals surface area contributed by atoms with Crippen LogP contribution in [0.4, 0.5) is 11.5 Å². The van der Waals surface area contributed by atoms with Gasteiger partial charge in [-0.25, -0.2) is 4.79 Å². The Bertz CT molecular complexity index is 358. The van der Waals surface area contributed by atoms with Crippen LogP contribution in [0.25, 0.3) is 0 Å². The van der Waals surface area contributed by atoms with Gasteiger partial charge in [-0.3, -0.25) is 0 Å². The van der Waals surface area contributed by atoms with Crippen molar-refractivity contribution in [2.75, 3.05) is 18.6 Å². The lowest BCUT2D eigenvalue weighted by Crippen LogP contribution is -2.25. The maximum atomic E-state index is 10.8. The van der Waals surface area contributed by atoms with Crippen LogP contribution >= 0.6 is 0 Å². The van der Waals surface area contributed by atoms with Crippen molar-refractivity contribution < 1.29 is 9.94 Å². The Kier molecular flexibility index (Phi) is 1.78. The third-order valence-electron chi connectivity index (χ3n) is 1.31. The third kappa shape index (κ3) is 1.00. The second kappa shape index (κ2) is 2.61. The van der Waals surface area contributed by atoms with Crippen molar-refractivity contribution in [3.8, 4) is 5.88 Å². The van der Waals surface area contributed by atoms with E-state index in [2.05, 4.69) is 9.72 Å². The quantitative estimate of drug-likeness (QED) is 0.451. The third-order valence-corrected chi connectivity index (χ3v) is 1.31. The largest absolute Gasteiger partial charge is 0.479 e. The number of hydrogen-bond acceptors (Lipinski definition) is 6. The Balaban J connectivity index is 3.50. The summed E-state index contributed by atoms with van der Waals surface area (Å²) in [6.45, 7) is 0. The predicted octanol–water partition coefficient (Wildman–Crippen LogP) is -1.35. The Morgan fingerprint density at radius 2 is 2.17 bits per heavy atom. The van der Waals surface area contributed by atoms with E-state index in [0.717, 1.165) is 0 Å². The Morgan fingerprint density at radius 3 is 2.67 bits per heavy atom. The van der Waals surface area contributed by atoms with E-state index in [1.54, 1.807) is 0 Å². The SMILES string of the molecule is COc1nc(=O)n(O)c(N)c1N. The zero-order chi connectivity index (χ0) is 9.30. The molecule has 0 bridgehead atoms. The average molecular weight is 172 g/mol. The Hall–Kier alpha value is -1.92. The molecule has 7 nitrogen and oxygen atoms in total. The lowest BCUT2D eigenvalue weighted by atomic mass is 10.5. The second-order valence-corrected chi connectivity index (χ2v) is 2.01. The van der Waals surface area contributed by atoms with Gasteiger partial charge in [0.25, 0.3) is 0 Å². The molecule has 1 heterocycles. The van der Waals surface area contributed by atoms with Crippen LogP contribution in [0.15, 0.2) is 4.79 Å². The summed E-state index contributed by atoms with van der Waals surface area (Å²) in [5.41, 5.74) is 9.56. The maximum Gasteiger partial charge on any atom is 0.385 e. The summed E-state index contributed by atoms with van der Waals surface area (Å²) in [4.78, 5) is 14.0. The smallest absolute Gasteiger partial charge is 0.385 e. The van der Waals surface area contributed by atoms with Gasteiger partial charge in [-0.2, -0.15) is 4.98 Å². The molecule has 7 heteroatoms. The number of nitrogens with zero attached hydrogens (tertiary/aromatic N) is 2. The molecular formula is C5H8N4O3. The first kappa shape index (κ1) is 8.18. The molecule has 66 valence electrons. The van der Waals surface area contributed by atoms with Crippen LogP contribution in [0.3, 0.4) is 0 Å². The molecule has 0 aliphatic rings. The van der Waals surface area contributed by atoms with Crippen molar-refractivity contribution in [2.45, 2.75) is 0 Å². The highest BCUT2D eigenvalue weighted by Gasteiger charge is 2.11. The van der Waals surface area contributed by atoms with Crippen molar-refractivity contribution in [3.05, 3.63) is 10.5 Å². The van der Waals surface area contributed by atoms with Crippen LogP contribution in [-0.2, 0) is 0 Å². The number of anilines is 2. The summed E-state index contributed by atoms with van der Waals surface area (Å²) < 4.78 is 4.77. The highest BCUT2D eigenvalue weighted by molar-refractivity contribution is 5.64. The number of aromatic nitrogens is 2. The van der Waals surface area contributed by atoms with Crippen LogP contribution in [0.2, 0.25) is 0 Å². The van der Waals surface area contributed by atoms with E-state index >= 15 is 0 Å². The van der Waals surface area contributed by atoms with E-state index in [0.29, 0.717) is 0 Å². The van der Waals surface area contributed by atoms with E-state index < -0.39 is 5.69 Å². The molecule has 1 rings (SSSR count). The zero-order valence-corrected chi connectivity index (χ0v) is 6.31. The van der Waals surface area contributed by atoms with Gasteiger partial charge in [0.1, 0.15) is 5.69 Å². The summed E-state index contributed by atoms with van der Waals surface area (Å²) in [5, 5.41) is 8.89. The molecule has 1 aromatic rings. The maximum absolute atomic E-state index is 10.8. The van der Waals surface area contributed by atoms with E-state index in [4.69, 9.17) is 16.7 Å². The van der Waals surface area contributed by atoms with Gasteiger partial charge in [-0.05, 0) is 0 Å². The van der Waals surface area contributed by atoms with Gasteiger partial charge in [-0.15, -0.1) is 4.73 Å². The summed E-state index contributed by atoms with van der Waals surface area (Å²) in [6.07, 6.45) is 0. The normalized spacial score (nSPS) is 9.75. The highest BCUT2D eigenvalue weighted by Crippen LogP contribution is 2.20. The summed E-state index contributed by atoms with van der Waals surface area (Å²) >= 11 is 0. The van der Waals surface area contributed by atoms with Crippen molar-refractivity contribution in [3.63, 3.8) is 0 Å². The predicted molar refractivity (Wildman–Crippen MR) is 41.1 cm³/mol. The number of methoxy groups -OCH3 is 1. The zero-order valence-electron chi connectivity index (χ0n) is 6.31. The van der Waals surface area contributed by atoms with Crippen molar-refractivity contribution in [1.82, 2.24) is 9.71 Å². The second-order valence-electron chi connectivity index (χ2n) is 2.01. The molecule has 0 aromatic carbocycles. The molecule has 0 unspecified atom stereocenters. The van der Waals surface area contributed by atoms with E-state index in [9.17, 15) is 4.79 Å².